The van der Waals surface area contributed by atoms with E-state index >= 15 is 0 Å². The molecule has 2 rings (SSSR count). The fourth-order valence-corrected chi connectivity index (χ4v) is 2.09. The number of furan rings is 1. The van der Waals surface area contributed by atoms with E-state index in [2.05, 4.69) is 18.1 Å². The summed E-state index contributed by atoms with van der Waals surface area (Å²) in [5, 5.41) is 4.43. The van der Waals surface area contributed by atoms with Gasteiger partial charge in [-0.15, -0.1) is 0 Å². The Morgan fingerprint density at radius 3 is 2.94 bits per heavy atom. The molecule has 0 aliphatic heterocycles. The summed E-state index contributed by atoms with van der Waals surface area (Å²) in [5.74, 6) is 1.00. The normalized spacial score (nSPS) is 12.8. The first-order valence-electron chi connectivity index (χ1n) is 6.48. The number of rotatable bonds is 6. The number of nitrogens with two attached hydrogens (primary N) is 1. The van der Waals surface area contributed by atoms with Crippen LogP contribution in [0.1, 0.15) is 30.5 Å². The quantitative estimate of drug-likeness (QED) is 0.850. The molecule has 0 radical (unpaired) electrons. The van der Waals surface area contributed by atoms with Crippen molar-refractivity contribution < 1.29 is 4.42 Å². The fourth-order valence-electron chi connectivity index (χ4n) is 2.09. The van der Waals surface area contributed by atoms with Gasteiger partial charge in [-0.25, -0.2) is 0 Å². The fraction of sp³-hybridized carbons (Fsp3) is 0.500. The van der Waals surface area contributed by atoms with Crippen LogP contribution in [0.15, 0.2) is 28.9 Å². The first-order valence-corrected chi connectivity index (χ1v) is 6.48. The Morgan fingerprint density at radius 2 is 2.33 bits per heavy atom. The van der Waals surface area contributed by atoms with Gasteiger partial charge in [0.15, 0.2) is 0 Å². The Labute approximate surface area is 108 Å². The standard InChI is InChI=1S/C14H21N3O/c1-3-12-10-13(17(2)16-12)9-11(15)6-7-14-5-4-8-18-14/h4-5,8,10-11H,3,6-7,9,15H2,1-2H3. The van der Waals surface area contributed by atoms with Crippen molar-refractivity contribution in [2.75, 3.05) is 0 Å². The zero-order chi connectivity index (χ0) is 13.0. The summed E-state index contributed by atoms with van der Waals surface area (Å²) in [7, 11) is 1.98. The number of hydrogen-bond donors (Lipinski definition) is 1. The van der Waals surface area contributed by atoms with Crippen LogP contribution in [0.5, 0.6) is 0 Å². The third-order valence-electron chi connectivity index (χ3n) is 3.20. The maximum atomic E-state index is 6.16. The monoisotopic (exact) mass is 247 g/mol. The van der Waals surface area contributed by atoms with Crippen LogP contribution in [-0.2, 0) is 26.3 Å². The lowest BCUT2D eigenvalue weighted by Gasteiger charge is -2.10. The largest absolute Gasteiger partial charge is 0.469 e. The third kappa shape index (κ3) is 3.23. The summed E-state index contributed by atoms with van der Waals surface area (Å²) < 4.78 is 7.24. The molecule has 0 aliphatic rings. The molecule has 0 saturated heterocycles. The van der Waals surface area contributed by atoms with E-state index in [-0.39, 0.29) is 6.04 Å². The highest BCUT2D eigenvalue weighted by atomic mass is 16.3. The Hall–Kier alpha value is -1.55. The molecule has 0 amide bonds. The van der Waals surface area contributed by atoms with Crippen molar-refractivity contribution in [3.8, 4) is 0 Å². The van der Waals surface area contributed by atoms with Gasteiger partial charge in [0, 0.05) is 31.6 Å². The highest BCUT2D eigenvalue weighted by Gasteiger charge is 2.10. The second-order valence-corrected chi connectivity index (χ2v) is 4.69. The van der Waals surface area contributed by atoms with Gasteiger partial charge in [0.2, 0.25) is 0 Å². The first-order chi connectivity index (χ1) is 8.69. The van der Waals surface area contributed by atoms with Crippen molar-refractivity contribution >= 4 is 0 Å². The van der Waals surface area contributed by atoms with Crippen LogP contribution in [0.3, 0.4) is 0 Å². The van der Waals surface area contributed by atoms with E-state index in [4.69, 9.17) is 10.2 Å². The molecule has 1 unspecified atom stereocenters. The number of nitrogens with zero attached hydrogens (tertiary/aromatic N) is 2. The minimum atomic E-state index is 0.148. The molecule has 18 heavy (non-hydrogen) atoms. The molecule has 0 aromatic carbocycles. The van der Waals surface area contributed by atoms with Gasteiger partial charge in [-0.2, -0.15) is 5.10 Å². The molecule has 0 saturated carbocycles. The molecular weight excluding hydrogens is 226 g/mol. The van der Waals surface area contributed by atoms with Crippen LogP contribution < -0.4 is 5.73 Å². The molecule has 98 valence electrons. The first kappa shape index (κ1) is 12.9. The van der Waals surface area contributed by atoms with Crippen LogP contribution in [-0.4, -0.2) is 15.8 Å². The SMILES string of the molecule is CCc1cc(CC(N)CCc2ccco2)n(C)n1. The van der Waals surface area contributed by atoms with Crippen molar-refractivity contribution in [1.29, 1.82) is 0 Å². The minimum Gasteiger partial charge on any atom is -0.469 e. The predicted octanol–water partition coefficient (Wildman–Crippen LogP) is 2.08. The number of aryl methyl sites for hydroxylation is 3. The summed E-state index contributed by atoms with van der Waals surface area (Å²) in [4.78, 5) is 0. The van der Waals surface area contributed by atoms with E-state index in [0.29, 0.717) is 0 Å². The molecule has 4 heteroatoms. The zero-order valence-corrected chi connectivity index (χ0v) is 11.1. The molecule has 2 N–H and O–H groups in total. The topological polar surface area (TPSA) is 57.0 Å². The van der Waals surface area contributed by atoms with Crippen LogP contribution in [0, 0.1) is 0 Å². The van der Waals surface area contributed by atoms with Crippen molar-refractivity contribution in [1.82, 2.24) is 9.78 Å². The van der Waals surface area contributed by atoms with Crippen LogP contribution in [0.4, 0.5) is 0 Å². The van der Waals surface area contributed by atoms with Gasteiger partial charge in [0.05, 0.1) is 12.0 Å². The van der Waals surface area contributed by atoms with E-state index in [9.17, 15) is 0 Å². The van der Waals surface area contributed by atoms with Gasteiger partial charge < -0.3 is 10.2 Å². The predicted molar refractivity (Wildman–Crippen MR) is 71.3 cm³/mol. The lowest BCUT2D eigenvalue weighted by atomic mass is 10.1. The minimum absolute atomic E-state index is 0.148. The number of aromatic nitrogens is 2. The Morgan fingerprint density at radius 1 is 1.50 bits per heavy atom. The summed E-state index contributed by atoms with van der Waals surface area (Å²) in [6.45, 7) is 2.11. The lowest BCUT2D eigenvalue weighted by molar-refractivity contribution is 0.480. The molecule has 2 aromatic heterocycles. The van der Waals surface area contributed by atoms with E-state index in [0.717, 1.165) is 37.1 Å². The molecule has 1 atom stereocenters. The van der Waals surface area contributed by atoms with Gasteiger partial charge >= 0.3 is 0 Å². The van der Waals surface area contributed by atoms with Crippen LogP contribution in [0.2, 0.25) is 0 Å². The summed E-state index contributed by atoms with van der Waals surface area (Å²) in [6.07, 6.45) is 5.36. The molecule has 0 bridgehead atoms. The van der Waals surface area contributed by atoms with Gasteiger partial charge in [-0.1, -0.05) is 6.92 Å². The maximum Gasteiger partial charge on any atom is 0.103 e. The van der Waals surface area contributed by atoms with Crippen molar-refractivity contribution in [2.45, 2.75) is 38.6 Å². The van der Waals surface area contributed by atoms with Crippen molar-refractivity contribution in [2.24, 2.45) is 12.8 Å². The smallest absolute Gasteiger partial charge is 0.103 e. The molecule has 0 spiro atoms. The van der Waals surface area contributed by atoms with Crippen molar-refractivity contribution in [3.63, 3.8) is 0 Å². The molecule has 2 aromatic rings. The van der Waals surface area contributed by atoms with Gasteiger partial charge in [-0.3, -0.25) is 4.68 Å². The molecule has 0 fully saturated rings. The lowest BCUT2D eigenvalue weighted by Crippen LogP contribution is -2.24. The van der Waals surface area contributed by atoms with E-state index in [1.165, 1.54) is 5.69 Å². The van der Waals surface area contributed by atoms with Crippen LogP contribution >= 0.6 is 0 Å². The van der Waals surface area contributed by atoms with Gasteiger partial charge in [0.1, 0.15) is 5.76 Å². The second kappa shape index (κ2) is 5.87. The third-order valence-corrected chi connectivity index (χ3v) is 3.20. The molecule has 4 nitrogen and oxygen atoms in total. The zero-order valence-electron chi connectivity index (χ0n) is 11.1. The van der Waals surface area contributed by atoms with E-state index < -0.39 is 0 Å². The van der Waals surface area contributed by atoms with Gasteiger partial charge in [0.25, 0.3) is 0 Å². The average molecular weight is 247 g/mol. The molecular formula is C14H21N3O. The maximum absolute atomic E-state index is 6.16. The van der Waals surface area contributed by atoms with Crippen molar-refractivity contribution in [3.05, 3.63) is 41.6 Å². The average Bonchev–Trinajstić information content (AvgIpc) is 2.97. The highest BCUT2D eigenvalue weighted by molar-refractivity contribution is 5.11. The van der Waals surface area contributed by atoms with E-state index in [1.54, 1.807) is 6.26 Å². The Balaban J connectivity index is 1.86. The molecule has 2 heterocycles. The van der Waals surface area contributed by atoms with Gasteiger partial charge in [-0.05, 0) is 31.0 Å². The Bertz CT molecular complexity index is 473. The molecule has 0 aliphatic carbocycles. The summed E-state index contributed by atoms with van der Waals surface area (Å²) in [5.41, 5.74) is 8.50. The van der Waals surface area contributed by atoms with E-state index in [1.807, 2.05) is 23.9 Å². The summed E-state index contributed by atoms with van der Waals surface area (Å²) >= 11 is 0. The van der Waals surface area contributed by atoms with Crippen LogP contribution in [0.25, 0.3) is 0 Å². The highest BCUT2D eigenvalue weighted by Crippen LogP contribution is 2.10. The summed E-state index contributed by atoms with van der Waals surface area (Å²) in [6, 6.07) is 6.20. The number of hydrogen-bond acceptors (Lipinski definition) is 3. The second-order valence-electron chi connectivity index (χ2n) is 4.69. The Kier molecular flexibility index (Phi) is 4.20.